The average molecular weight is 198 g/mol. The van der Waals surface area contributed by atoms with Crippen molar-refractivity contribution in [2.45, 2.75) is 19.0 Å². The Morgan fingerprint density at radius 3 is 2.29 bits per heavy atom. The van der Waals surface area contributed by atoms with E-state index in [1.54, 1.807) is 24.3 Å². The summed E-state index contributed by atoms with van der Waals surface area (Å²) >= 11 is 0. The molecule has 0 saturated carbocycles. The highest BCUT2D eigenvalue weighted by Gasteiger charge is 2.35. The molecule has 0 heterocycles. The molecule has 2 atom stereocenters. The molecule has 0 radical (unpaired) electrons. The van der Waals surface area contributed by atoms with E-state index in [-0.39, 0.29) is 0 Å². The van der Waals surface area contributed by atoms with Gasteiger partial charge in [0.25, 0.3) is 0 Å². The van der Waals surface area contributed by atoms with Gasteiger partial charge in [0.15, 0.2) is 0 Å². The summed E-state index contributed by atoms with van der Waals surface area (Å²) in [5.41, 5.74) is 0. The predicted octanol–water partition coefficient (Wildman–Crippen LogP) is 0.739. The van der Waals surface area contributed by atoms with Crippen LogP contribution >= 0.6 is 0 Å². The molecular weight excluding hydrogens is 184 g/mol. The third kappa shape index (κ3) is 2.45. The summed E-state index contributed by atoms with van der Waals surface area (Å²) in [4.78, 5) is 0. The van der Waals surface area contributed by atoms with Gasteiger partial charge in [-0.15, -0.1) is 0 Å². The van der Waals surface area contributed by atoms with Gasteiger partial charge in [0.05, 0.1) is 0 Å². The van der Waals surface area contributed by atoms with Crippen LogP contribution in [0.15, 0.2) is 30.3 Å². The van der Waals surface area contributed by atoms with Crippen LogP contribution in [0.4, 0.5) is 0 Å². The van der Waals surface area contributed by atoms with E-state index < -0.39 is 12.1 Å². The van der Waals surface area contributed by atoms with Gasteiger partial charge >= 0.3 is 5.97 Å². The first-order chi connectivity index (χ1) is 6.58. The predicted molar refractivity (Wildman–Crippen MR) is 50.7 cm³/mol. The third-order valence-corrected chi connectivity index (χ3v) is 1.83. The molecule has 0 aromatic heterocycles. The Hall–Kier alpha value is -1.10. The molecule has 0 spiro atoms. The van der Waals surface area contributed by atoms with Gasteiger partial charge in [-0.25, -0.2) is 0 Å². The van der Waals surface area contributed by atoms with Crippen molar-refractivity contribution in [3.63, 3.8) is 0 Å². The monoisotopic (exact) mass is 198 g/mol. The second kappa shape index (κ2) is 4.41. The standard InChI is InChI=1S/C10H14O4/c1-8(11)10(12,13-2)14-9-6-4-3-5-7-9/h3-8,11-12H,1-2H3. The zero-order valence-electron chi connectivity index (χ0n) is 8.18. The molecule has 0 saturated heterocycles. The zero-order valence-corrected chi connectivity index (χ0v) is 8.18. The topological polar surface area (TPSA) is 58.9 Å². The van der Waals surface area contributed by atoms with Crippen LogP contribution in [0.3, 0.4) is 0 Å². The first kappa shape index (κ1) is 11.0. The fourth-order valence-electron chi connectivity index (χ4n) is 0.955. The van der Waals surface area contributed by atoms with Crippen molar-refractivity contribution in [1.29, 1.82) is 0 Å². The Labute approximate surface area is 82.7 Å². The highest BCUT2D eigenvalue weighted by molar-refractivity contribution is 5.21. The minimum absolute atomic E-state index is 0.428. The molecule has 1 aromatic carbocycles. The van der Waals surface area contributed by atoms with Crippen LogP contribution in [-0.2, 0) is 4.74 Å². The molecule has 0 aliphatic rings. The van der Waals surface area contributed by atoms with Gasteiger partial charge in [-0.1, -0.05) is 18.2 Å². The lowest BCUT2D eigenvalue weighted by atomic mass is 10.3. The summed E-state index contributed by atoms with van der Waals surface area (Å²) in [5, 5.41) is 18.9. The summed E-state index contributed by atoms with van der Waals surface area (Å²) < 4.78 is 9.78. The lowest BCUT2D eigenvalue weighted by Crippen LogP contribution is -2.47. The first-order valence-corrected chi connectivity index (χ1v) is 4.28. The van der Waals surface area contributed by atoms with Gasteiger partial charge in [0, 0.05) is 7.11 Å². The Balaban J connectivity index is 2.76. The van der Waals surface area contributed by atoms with E-state index in [0.717, 1.165) is 0 Å². The number of ether oxygens (including phenoxy) is 2. The smallest absolute Gasteiger partial charge is 0.351 e. The lowest BCUT2D eigenvalue weighted by molar-refractivity contribution is -0.346. The summed E-state index contributed by atoms with van der Waals surface area (Å²) in [5.74, 6) is -1.57. The Bertz CT molecular complexity index is 273. The van der Waals surface area contributed by atoms with Crippen LogP contribution in [0, 0.1) is 0 Å². The normalized spacial score (nSPS) is 17.1. The Morgan fingerprint density at radius 1 is 1.29 bits per heavy atom. The van der Waals surface area contributed by atoms with Gasteiger partial charge < -0.3 is 19.7 Å². The number of rotatable bonds is 4. The number of para-hydroxylation sites is 1. The summed E-state index contributed by atoms with van der Waals surface area (Å²) in [6, 6.07) is 8.65. The SMILES string of the molecule is COC(O)(Oc1ccccc1)C(C)O. The molecule has 0 bridgehead atoms. The molecule has 78 valence electrons. The fraction of sp³-hybridized carbons (Fsp3) is 0.400. The largest absolute Gasteiger partial charge is 0.437 e. The maximum absolute atomic E-state index is 9.66. The summed E-state index contributed by atoms with van der Waals surface area (Å²) in [7, 11) is 1.26. The van der Waals surface area contributed by atoms with Crippen LogP contribution < -0.4 is 4.74 Å². The van der Waals surface area contributed by atoms with E-state index in [2.05, 4.69) is 4.74 Å². The summed E-state index contributed by atoms with van der Waals surface area (Å²) in [6.07, 6.45) is -1.15. The van der Waals surface area contributed by atoms with Gasteiger partial charge in [0.2, 0.25) is 0 Å². The fourth-order valence-corrected chi connectivity index (χ4v) is 0.955. The maximum Gasteiger partial charge on any atom is 0.351 e. The van der Waals surface area contributed by atoms with E-state index in [1.807, 2.05) is 6.07 Å². The summed E-state index contributed by atoms with van der Waals surface area (Å²) in [6.45, 7) is 1.38. The van der Waals surface area contributed by atoms with Crippen molar-refractivity contribution in [3.8, 4) is 5.75 Å². The van der Waals surface area contributed by atoms with E-state index in [0.29, 0.717) is 5.75 Å². The van der Waals surface area contributed by atoms with Gasteiger partial charge in [-0.3, -0.25) is 0 Å². The van der Waals surface area contributed by atoms with Crippen LogP contribution in [0.1, 0.15) is 6.92 Å². The van der Waals surface area contributed by atoms with Gasteiger partial charge in [-0.2, -0.15) is 0 Å². The van der Waals surface area contributed by atoms with Crippen molar-refractivity contribution >= 4 is 0 Å². The van der Waals surface area contributed by atoms with E-state index in [1.165, 1.54) is 14.0 Å². The van der Waals surface area contributed by atoms with Crippen LogP contribution in [0.5, 0.6) is 5.75 Å². The number of methoxy groups -OCH3 is 1. The Morgan fingerprint density at radius 2 is 1.86 bits per heavy atom. The molecule has 14 heavy (non-hydrogen) atoms. The number of aliphatic hydroxyl groups is 2. The molecule has 0 aliphatic heterocycles. The molecule has 4 nitrogen and oxygen atoms in total. The van der Waals surface area contributed by atoms with Crippen LogP contribution in [-0.4, -0.2) is 29.4 Å². The van der Waals surface area contributed by atoms with E-state index in [9.17, 15) is 10.2 Å². The van der Waals surface area contributed by atoms with Gasteiger partial charge in [0.1, 0.15) is 11.9 Å². The minimum Gasteiger partial charge on any atom is -0.437 e. The van der Waals surface area contributed by atoms with Crippen molar-refractivity contribution < 1.29 is 19.7 Å². The second-order valence-electron chi connectivity index (χ2n) is 2.93. The highest BCUT2D eigenvalue weighted by atomic mass is 16.8. The molecular formula is C10H14O4. The Kier molecular flexibility index (Phi) is 3.46. The molecule has 1 rings (SSSR count). The molecule has 2 unspecified atom stereocenters. The van der Waals surface area contributed by atoms with Crippen molar-refractivity contribution in [2.24, 2.45) is 0 Å². The number of aliphatic hydroxyl groups excluding tert-OH is 1. The molecule has 0 amide bonds. The molecule has 4 heteroatoms. The molecule has 0 fully saturated rings. The van der Waals surface area contributed by atoms with Crippen molar-refractivity contribution in [3.05, 3.63) is 30.3 Å². The van der Waals surface area contributed by atoms with E-state index >= 15 is 0 Å². The number of hydrogen-bond donors (Lipinski definition) is 2. The quantitative estimate of drug-likeness (QED) is 0.700. The van der Waals surface area contributed by atoms with Gasteiger partial charge in [-0.05, 0) is 19.1 Å². The minimum atomic E-state index is -2.00. The molecule has 2 N–H and O–H groups in total. The highest BCUT2D eigenvalue weighted by Crippen LogP contribution is 2.19. The average Bonchev–Trinajstić information content (AvgIpc) is 2.19. The van der Waals surface area contributed by atoms with Crippen molar-refractivity contribution in [1.82, 2.24) is 0 Å². The second-order valence-corrected chi connectivity index (χ2v) is 2.93. The molecule has 0 aliphatic carbocycles. The van der Waals surface area contributed by atoms with Crippen LogP contribution in [0.25, 0.3) is 0 Å². The van der Waals surface area contributed by atoms with Crippen LogP contribution in [0.2, 0.25) is 0 Å². The van der Waals surface area contributed by atoms with Crippen molar-refractivity contribution in [2.75, 3.05) is 7.11 Å². The maximum atomic E-state index is 9.66. The third-order valence-electron chi connectivity index (χ3n) is 1.83. The zero-order chi connectivity index (χ0) is 10.6. The molecule has 1 aromatic rings. The first-order valence-electron chi connectivity index (χ1n) is 4.28. The lowest BCUT2D eigenvalue weighted by Gasteiger charge is -2.29. The van der Waals surface area contributed by atoms with E-state index in [4.69, 9.17) is 4.74 Å². The number of hydrogen-bond acceptors (Lipinski definition) is 4. The number of benzene rings is 1.